The number of furan rings is 1. The Hall–Kier alpha value is -3.06. The molecular formula is C17H15ClN2O5. The van der Waals surface area contributed by atoms with Crippen LogP contribution >= 0.6 is 11.6 Å². The Kier molecular flexibility index (Phi) is 5.97. The molecular weight excluding hydrogens is 348 g/mol. The first-order valence-corrected chi connectivity index (χ1v) is 7.60. The molecule has 2 amide bonds. The van der Waals surface area contributed by atoms with Crippen molar-refractivity contribution in [2.24, 2.45) is 0 Å². The first-order valence-electron chi connectivity index (χ1n) is 7.22. The largest absolute Gasteiger partial charge is 0.480 e. The monoisotopic (exact) mass is 362 g/mol. The van der Waals surface area contributed by atoms with E-state index in [1.807, 2.05) is 0 Å². The van der Waals surface area contributed by atoms with Crippen LogP contribution in [0.15, 0.2) is 52.8 Å². The molecule has 0 bridgehead atoms. The summed E-state index contributed by atoms with van der Waals surface area (Å²) >= 11 is 5.82. The van der Waals surface area contributed by atoms with Gasteiger partial charge in [0.05, 0.1) is 6.26 Å². The summed E-state index contributed by atoms with van der Waals surface area (Å²) in [6.07, 6.45) is 2.73. The van der Waals surface area contributed by atoms with E-state index in [-0.39, 0.29) is 11.5 Å². The van der Waals surface area contributed by atoms with Gasteiger partial charge in [0.1, 0.15) is 11.7 Å². The van der Waals surface area contributed by atoms with Gasteiger partial charge in [0.15, 0.2) is 5.76 Å². The van der Waals surface area contributed by atoms with Gasteiger partial charge >= 0.3 is 5.97 Å². The maximum atomic E-state index is 12.3. The van der Waals surface area contributed by atoms with Crippen LogP contribution in [-0.2, 0) is 9.59 Å². The van der Waals surface area contributed by atoms with E-state index in [0.29, 0.717) is 10.6 Å². The van der Waals surface area contributed by atoms with Crippen molar-refractivity contribution in [1.82, 2.24) is 10.6 Å². The first-order chi connectivity index (χ1) is 11.9. The summed E-state index contributed by atoms with van der Waals surface area (Å²) in [6, 6.07) is 8.39. The van der Waals surface area contributed by atoms with Crippen molar-refractivity contribution < 1.29 is 23.9 Å². The zero-order chi connectivity index (χ0) is 18.4. The summed E-state index contributed by atoms with van der Waals surface area (Å²) in [5.41, 5.74) is 0.467. The molecule has 1 atom stereocenters. The highest BCUT2D eigenvalue weighted by atomic mass is 35.5. The Labute approximate surface area is 148 Å². The summed E-state index contributed by atoms with van der Waals surface area (Å²) in [6.45, 7) is 1.31. The molecule has 8 heteroatoms. The fraction of sp³-hybridized carbons (Fsp3) is 0.118. The topological polar surface area (TPSA) is 109 Å². The van der Waals surface area contributed by atoms with Gasteiger partial charge in [-0.05, 0) is 42.8 Å². The quantitative estimate of drug-likeness (QED) is 0.683. The minimum absolute atomic E-state index is 0.0149. The molecule has 2 rings (SSSR count). The number of hydrogen-bond acceptors (Lipinski definition) is 4. The van der Waals surface area contributed by atoms with E-state index in [1.165, 1.54) is 31.4 Å². The van der Waals surface area contributed by atoms with Crippen molar-refractivity contribution in [3.63, 3.8) is 0 Å². The molecule has 1 unspecified atom stereocenters. The third-order valence-electron chi connectivity index (χ3n) is 3.14. The molecule has 1 aromatic carbocycles. The number of rotatable bonds is 6. The zero-order valence-electron chi connectivity index (χ0n) is 13.2. The van der Waals surface area contributed by atoms with Gasteiger partial charge in [0.25, 0.3) is 11.8 Å². The number of hydrogen-bond donors (Lipinski definition) is 3. The van der Waals surface area contributed by atoms with Gasteiger partial charge < -0.3 is 20.2 Å². The highest BCUT2D eigenvalue weighted by Crippen LogP contribution is 2.12. The molecule has 0 aliphatic heterocycles. The van der Waals surface area contributed by atoms with E-state index in [2.05, 4.69) is 10.6 Å². The second-order valence-corrected chi connectivity index (χ2v) is 5.51. The number of amides is 2. The molecule has 3 N–H and O–H groups in total. The Balaban J connectivity index is 2.26. The normalized spacial score (nSPS) is 12.3. The Morgan fingerprint density at radius 3 is 2.44 bits per heavy atom. The predicted octanol–water partition coefficient (Wildman–Crippen LogP) is 2.29. The molecule has 2 aromatic rings. The summed E-state index contributed by atoms with van der Waals surface area (Å²) in [5.74, 6) is -2.56. The summed E-state index contributed by atoms with van der Waals surface area (Å²) < 4.78 is 4.98. The number of aliphatic carboxylic acids is 1. The maximum Gasteiger partial charge on any atom is 0.325 e. The van der Waals surface area contributed by atoms with Crippen LogP contribution in [0.2, 0.25) is 5.02 Å². The molecule has 1 aromatic heterocycles. The molecule has 25 heavy (non-hydrogen) atoms. The predicted molar refractivity (Wildman–Crippen MR) is 90.8 cm³/mol. The second kappa shape index (κ2) is 8.16. The average Bonchev–Trinajstić information content (AvgIpc) is 3.10. The highest BCUT2D eigenvalue weighted by Gasteiger charge is 2.20. The van der Waals surface area contributed by atoms with Crippen LogP contribution < -0.4 is 10.6 Å². The highest BCUT2D eigenvalue weighted by molar-refractivity contribution is 6.30. The molecule has 7 nitrogen and oxygen atoms in total. The molecule has 0 aliphatic carbocycles. The van der Waals surface area contributed by atoms with Crippen LogP contribution in [0.1, 0.15) is 23.0 Å². The van der Waals surface area contributed by atoms with Crippen LogP contribution in [0.4, 0.5) is 0 Å². The van der Waals surface area contributed by atoms with E-state index in [0.717, 1.165) is 0 Å². The minimum Gasteiger partial charge on any atom is -0.480 e. The molecule has 130 valence electrons. The van der Waals surface area contributed by atoms with Crippen LogP contribution in [0, 0.1) is 0 Å². The smallest absolute Gasteiger partial charge is 0.325 e. The minimum atomic E-state index is -1.20. The van der Waals surface area contributed by atoms with Crippen molar-refractivity contribution in [2.75, 3.05) is 0 Å². The lowest BCUT2D eigenvalue weighted by Gasteiger charge is -2.13. The van der Waals surface area contributed by atoms with E-state index in [9.17, 15) is 14.4 Å². The second-order valence-electron chi connectivity index (χ2n) is 5.07. The lowest BCUT2D eigenvalue weighted by Crippen LogP contribution is -2.42. The molecule has 0 saturated heterocycles. The van der Waals surface area contributed by atoms with Gasteiger partial charge in [-0.2, -0.15) is 0 Å². The van der Waals surface area contributed by atoms with Crippen LogP contribution in [-0.4, -0.2) is 28.9 Å². The summed E-state index contributed by atoms with van der Waals surface area (Å²) in [4.78, 5) is 35.4. The van der Waals surface area contributed by atoms with Crippen molar-refractivity contribution in [1.29, 1.82) is 0 Å². The van der Waals surface area contributed by atoms with Gasteiger partial charge in [-0.25, -0.2) is 0 Å². The van der Waals surface area contributed by atoms with E-state index in [1.54, 1.807) is 24.3 Å². The Bertz CT molecular complexity index is 797. The SMILES string of the molecule is CC(NC(=O)/C(=C/c1ccc(Cl)cc1)NC(=O)c1ccco1)C(=O)O. The van der Waals surface area contributed by atoms with Crippen molar-refractivity contribution in [3.05, 3.63) is 64.7 Å². The standard InChI is InChI=1S/C17H15ClN2O5/c1-10(17(23)24)19-15(21)13(9-11-4-6-12(18)7-5-11)20-16(22)14-3-2-8-25-14/h2-10H,1H3,(H,19,21)(H,20,22)(H,23,24)/b13-9-. The van der Waals surface area contributed by atoms with Gasteiger partial charge in [-0.15, -0.1) is 0 Å². The molecule has 0 aliphatic rings. The number of carboxylic acids is 1. The van der Waals surface area contributed by atoms with E-state index in [4.69, 9.17) is 21.1 Å². The van der Waals surface area contributed by atoms with Crippen molar-refractivity contribution >= 4 is 35.5 Å². The lowest BCUT2D eigenvalue weighted by atomic mass is 10.1. The molecule has 1 heterocycles. The van der Waals surface area contributed by atoms with Crippen LogP contribution in [0.25, 0.3) is 6.08 Å². The fourth-order valence-electron chi connectivity index (χ4n) is 1.81. The molecule has 0 spiro atoms. The van der Waals surface area contributed by atoms with Crippen LogP contribution in [0.5, 0.6) is 0 Å². The average molecular weight is 363 g/mol. The zero-order valence-corrected chi connectivity index (χ0v) is 13.9. The Morgan fingerprint density at radius 1 is 1.20 bits per heavy atom. The number of carboxylic acid groups (broad SMARTS) is 1. The number of nitrogens with one attached hydrogen (secondary N) is 2. The van der Waals surface area contributed by atoms with E-state index < -0.39 is 23.8 Å². The van der Waals surface area contributed by atoms with E-state index >= 15 is 0 Å². The number of carbonyl (C=O) groups is 3. The summed E-state index contributed by atoms with van der Waals surface area (Å²) in [5, 5.41) is 14.1. The Morgan fingerprint density at radius 2 is 1.88 bits per heavy atom. The number of halogens is 1. The fourth-order valence-corrected chi connectivity index (χ4v) is 1.94. The molecule has 0 fully saturated rings. The third kappa shape index (κ3) is 5.22. The van der Waals surface area contributed by atoms with Crippen molar-refractivity contribution in [2.45, 2.75) is 13.0 Å². The van der Waals surface area contributed by atoms with Gasteiger partial charge in [0.2, 0.25) is 0 Å². The van der Waals surface area contributed by atoms with Gasteiger partial charge in [0, 0.05) is 5.02 Å². The number of carbonyl (C=O) groups excluding carboxylic acids is 2. The maximum absolute atomic E-state index is 12.3. The molecule has 0 radical (unpaired) electrons. The third-order valence-corrected chi connectivity index (χ3v) is 3.39. The summed E-state index contributed by atoms with van der Waals surface area (Å²) in [7, 11) is 0. The number of benzene rings is 1. The van der Waals surface area contributed by atoms with Gasteiger partial charge in [-0.1, -0.05) is 23.7 Å². The first kappa shape index (κ1) is 18.3. The van der Waals surface area contributed by atoms with Crippen LogP contribution in [0.3, 0.4) is 0 Å². The van der Waals surface area contributed by atoms with Crippen molar-refractivity contribution in [3.8, 4) is 0 Å². The van der Waals surface area contributed by atoms with Gasteiger partial charge in [-0.3, -0.25) is 14.4 Å². The lowest BCUT2D eigenvalue weighted by molar-refractivity contribution is -0.140. The molecule has 0 saturated carbocycles.